The number of carboxylic acid groups (broad SMARTS) is 1. The summed E-state index contributed by atoms with van der Waals surface area (Å²) in [6, 6.07) is 0. The fraction of sp³-hybridized carbons (Fsp3) is 0.875. The zero-order valence-electron chi connectivity index (χ0n) is 7.72. The van der Waals surface area contributed by atoms with Crippen molar-refractivity contribution in [3.63, 3.8) is 0 Å². The summed E-state index contributed by atoms with van der Waals surface area (Å²) < 4.78 is 0. The average Bonchev–Trinajstić information content (AvgIpc) is 1.88. The van der Waals surface area contributed by atoms with Crippen LogP contribution in [0.3, 0.4) is 0 Å². The van der Waals surface area contributed by atoms with Gasteiger partial charge in [0.25, 0.3) is 0 Å². The van der Waals surface area contributed by atoms with Crippen molar-refractivity contribution >= 4 is 6.09 Å². The van der Waals surface area contributed by atoms with Crippen LogP contribution in [0.25, 0.3) is 0 Å². The van der Waals surface area contributed by atoms with E-state index < -0.39 is 6.09 Å². The highest BCUT2D eigenvalue weighted by Crippen LogP contribution is 2.17. The quantitative estimate of drug-likeness (QED) is 0.685. The van der Waals surface area contributed by atoms with Gasteiger partial charge in [-0.25, -0.2) is 4.79 Å². The maximum Gasteiger partial charge on any atom is 0.407 e. The van der Waals surface area contributed by atoms with E-state index in [-0.39, 0.29) is 5.54 Å². The molecule has 0 saturated heterocycles. The second kappa shape index (κ2) is 3.60. The third-order valence-corrected chi connectivity index (χ3v) is 2.14. The molecule has 3 heteroatoms. The van der Waals surface area contributed by atoms with Crippen LogP contribution in [-0.2, 0) is 0 Å². The van der Waals surface area contributed by atoms with Gasteiger partial charge in [-0.1, -0.05) is 6.92 Å². The van der Waals surface area contributed by atoms with Crippen molar-refractivity contribution in [3.8, 4) is 0 Å². The zero-order valence-corrected chi connectivity index (χ0v) is 7.72. The molecule has 0 spiro atoms. The molecule has 1 amide bonds. The van der Waals surface area contributed by atoms with E-state index in [0.717, 1.165) is 6.42 Å². The van der Waals surface area contributed by atoms with E-state index >= 15 is 0 Å². The van der Waals surface area contributed by atoms with Crippen molar-refractivity contribution in [2.75, 3.05) is 6.54 Å². The van der Waals surface area contributed by atoms with Crippen molar-refractivity contribution in [2.45, 2.75) is 39.7 Å². The van der Waals surface area contributed by atoms with Crippen LogP contribution in [-0.4, -0.2) is 28.2 Å². The molecule has 0 bridgehead atoms. The maximum absolute atomic E-state index is 10.7. The summed E-state index contributed by atoms with van der Waals surface area (Å²) in [5, 5.41) is 8.77. The predicted molar refractivity (Wildman–Crippen MR) is 44.8 cm³/mol. The molecule has 0 atom stereocenters. The summed E-state index contributed by atoms with van der Waals surface area (Å²) in [5.41, 5.74) is -0.236. The van der Waals surface area contributed by atoms with Crippen LogP contribution in [0.2, 0.25) is 0 Å². The summed E-state index contributed by atoms with van der Waals surface area (Å²) in [6.07, 6.45) is 0.00648. The topological polar surface area (TPSA) is 40.5 Å². The first-order valence-electron chi connectivity index (χ1n) is 3.96. The standard InChI is InChI=1S/C8H17NO2/c1-5-8(3,4)9(6-2)7(10)11/h5-6H2,1-4H3,(H,10,11). The van der Waals surface area contributed by atoms with Gasteiger partial charge in [0.15, 0.2) is 0 Å². The maximum atomic E-state index is 10.7. The van der Waals surface area contributed by atoms with E-state index in [1.807, 2.05) is 27.7 Å². The van der Waals surface area contributed by atoms with Crippen molar-refractivity contribution in [2.24, 2.45) is 0 Å². The van der Waals surface area contributed by atoms with E-state index in [1.54, 1.807) is 0 Å². The Morgan fingerprint density at radius 2 is 1.91 bits per heavy atom. The Morgan fingerprint density at radius 1 is 1.45 bits per heavy atom. The fourth-order valence-electron chi connectivity index (χ4n) is 1.01. The summed E-state index contributed by atoms with van der Waals surface area (Å²) in [4.78, 5) is 12.1. The first-order chi connectivity index (χ1) is 4.95. The molecule has 1 N–H and O–H groups in total. The van der Waals surface area contributed by atoms with Gasteiger partial charge in [-0.05, 0) is 27.2 Å². The summed E-state index contributed by atoms with van der Waals surface area (Å²) in [7, 11) is 0. The second-order valence-corrected chi connectivity index (χ2v) is 3.19. The van der Waals surface area contributed by atoms with Gasteiger partial charge in [-0.2, -0.15) is 0 Å². The van der Waals surface area contributed by atoms with Crippen LogP contribution in [0.15, 0.2) is 0 Å². The number of hydrogen-bond donors (Lipinski definition) is 1. The minimum atomic E-state index is -0.834. The molecule has 0 aliphatic heterocycles. The predicted octanol–water partition coefficient (Wildman–Crippen LogP) is 2.17. The molecular formula is C8H17NO2. The minimum Gasteiger partial charge on any atom is -0.465 e. The average molecular weight is 159 g/mol. The Kier molecular flexibility index (Phi) is 3.36. The summed E-state index contributed by atoms with van der Waals surface area (Å²) in [5.74, 6) is 0. The molecule has 0 radical (unpaired) electrons. The first-order valence-corrected chi connectivity index (χ1v) is 3.96. The molecule has 11 heavy (non-hydrogen) atoms. The second-order valence-electron chi connectivity index (χ2n) is 3.19. The third kappa shape index (κ3) is 2.41. The van der Waals surface area contributed by atoms with Gasteiger partial charge in [0, 0.05) is 12.1 Å². The molecule has 0 aromatic carbocycles. The van der Waals surface area contributed by atoms with Crippen molar-refractivity contribution in [1.29, 1.82) is 0 Å². The highest BCUT2D eigenvalue weighted by molar-refractivity contribution is 5.65. The van der Waals surface area contributed by atoms with Crippen molar-refractivity contribution < 1.29 is 9.90 Å². The Morgan fingerprint density at radius 3 is 2.00 bits per heavy atom. The lowest BCUT2D eigenvalue weighted by Crippen LogP contribution is -2.46. The molecule has 0 unspecified atom stereocenters. The molecule has 0 rings (SSSR count). The van der Waals surface area contributed by atoms with Gasteiger partial charge in [-0.15, -0.1) is 0 Å². The van der Waals surface area contributed by atoms with E-state index in [2.05, 4.69) is 0 Å². The molecule has 66 valence electrons. The van der Waals surface area contributed by atoms with Crippen LogP contribution in [0.4, 0.5) is 4.79 Å². The zero-order chi connectivity index (χ0) is 9.07. The van der Waals surface area contributed by atoms with Crippen LogP contribution < -0.4 is 0 Å². The molecular weight excluding hydrogens is 142 g/mol. The van der Waals surface area contributed by atoms with E-state index in [0.29, 0.717) is 6.54 Å². The van der Waals surface area contributed by atoms with Crippen LogP contribution >= 0.6 is 0 Å². The van der Waals surface area contributed by atoms with Crippen LogP contribution in [0, 0.1) is 0 Å². The number of nitrogens with zero attached hydrogens (tertiary/aromatic N) is 1. The Bertz CT molecular complexity index is 143. The Balaban J connectivity index is 4.36. The van der Waals surface area contributed by atoms with Crippen molar-refractivity contribution in [1.82, 2.24) is 4.90 Å². The molecule has 0 fully saturated rings. The fourth-order valence-corrected chi connectivity index (χ4v) is 1.01. The lowest BCUT2D eigenvalue weighted by Gasteiger charge is -2.34. The molecule has 3 nitrogen and oxygen atoms in total. The molecule has 0 heterocycles. The number of hydrogen-bond acceptors (Lipinski definition) is 1. The lowest BCUT2D eigenvalue weighted by atomic mass is 10.00. The van der Waals surface area contributed by atoms with E-state index in [4.69, 9.17) is 5.11 Å². The van der Waals surface area contributed by atoms with Crippen molar-refractivity contribution in [3.05, 3.63) is 0 Å². The largest absolute Gasteiger partial charge is 0.465 e. The molecule has 0 aromatic rings. The first kappa shape index (κ1) is 10.3. The smallest absolute Gasteiger partial charge is 0.407 e. The SMILES string of the molecule is CCN(C(=O)O)C(C)(C)CC. The van der Waals surface area contributed by atoms with Gasteiger partial charge in [0.2, 0.25) is 0 Å². The molecule has 0 aliphatic rings. The van der Waals surface area contributed by atoms with Gasteiger partial charge < -0.3 is 10.0 Å². The molecule has 0 saturated carbocycles. The summed E-state index contributed by atoms with van der Waals surface area (Å²) in [6.45, 7) is 8.27. The normalized spacial score (nSPS) is 11.3. The van der Waals surface area contributed by atoms with Gasteiger partial charge in [-0.3, -0.25) is 0 Å². The monoisotopic (exact) mass is 159 g/mol. The highest BCUT2D eigenvalue weighted by atomic mass is 16.4. The number of rotatable bonds is 3. The summed E-state index contributed by atoms with van der Waals surface area (Å²) >= 11 is 0. The lowest BCUT2D eigenvalue weighted by molar-refractivity contribution is 0.0941. The van der Waals surface area contributed by atoms with E-state index in [9.17, 15) is 4.79 Å². The third-order valence-electron chi connectivity index (χ3n) is 2.14. The van der Waals surface area contributed by atoms with Gasteiger partial charge >= 0.3 is 6.09 Å². The minimum absolute atomic E-state index is 0.236. The van der Waals surface area contributed by atoms with E-state index in [1.165, 1.54) is 4.90 Å². The van der Waals surface area contributed by atoms with Crippen LogP contribution in [0.5, 0.6) is 0 Å². The Hall–Kier alpha value is -0.730. The number of carbonyl (C=O) groups is 1. The number of amides is 1. The van der Waals surface area contributed by atoms with Gasteiger partial charge in [0.1, 0.15) is 0 Å². The van der Waals surface area contributed by atoms with Gasteiger partial charge in [0.05, 0.1) is 0 Å². The molecule has 0 aromatic heterocycles. The van der Waals surface area contributed by atoms with Crippen LogP contribution in [0.1, 0.15) is 34.1 Å². The Labute approximate surface area is 68.0 Å². The highest BCUT2D eigenvalue weighted by Gasteiger charge is 2.26. The molecule has 0 aliphatic carbocycles.